The lowest BCUT2D eigenvalue weighted by Gasteiger charge is -2.58. The minimum absolute atomic E-state index is 0.0190. The number of aliphatic carboxylic acids is 1. The fourth-order valence-electron chi connectivity index (χ4n) is 15.4. The highest BCUT2D eigenvalue weighted by atomic mass is 31.2. The van der Waals surface area contributed by atoms with Crippen molar-refractivity contribution in [1.82, 2.24) is 30.8 Å². The molecule has 29 heteroatoms. The molecule has 1 aromatic heterocycles. The highest BCUT2D eigenvalue weighted by molar-refractivity contribution is 7.47. The van der Waals surface area contributed by atoms with E-state index in [9.17, 15) is 81.7 Å². The van der Waals surface area contributed by atoms with E-state index in [0.29, 0.717) is 75.7 Å². The first-order valence-corrected chi connectivity index (χ1v) is 35.2. The van der Waals surface area contributed by atoms with Crippen molar-refractivity contribution in [2.45, 2.75) is 199 Å². The number of benzene rings is 2. The van der Waals surface area contributed by atoms with E-state index in [2.05, 4.69) is 66.5 Å². The summed E-state index contributed by atoms with van der Waals surface area (Å²) in [5.41, 5.74) is -0.108. The first kappa shape index (κ1) is 72.3. The molecule has 0 radical (unpaired) electrons. The number of aromatic amines is 1. The second-order valence-electron chi connectivity index (χ2n) is 26.8. The smallest absolute Gasteiger partial charge is 0.480 e. The Kier molecular flexibility index (Phi) is 24.0. The quantitative estimate of drug-likeness (QED) is 0.0183. The summed E-state index contributed by atoms with van der Waals surface area (Å²) in [7, 11) is -9.88. The second kappa shape index (κ2) is 30.9. The number of ether oxygens (including phenoxy) is 2. The van der Waals surface area contributed by atoms with Crippen LogP contribution in [0.15, 0.2) is 76.0 Å². The number of ketones is 1. The molecule has 4 amide bonds. The van der Waals surface area contributed by atoms with E-state index in [1.54, 1.807) is 4.98 Å². The van der Waals surface area contributed by atoms with Gasteiger partial charge in [0, 0.05) is 45.1 Å². The standard InChI is InChI=1S/C64H89FN6O20P2/c1-36(2)9-8-10-37(3)45-22-23-46-44-21-16-40-33-43(26-28-63(40,4)47(44)27-29-64(45,46)5)88-62(81)69-50(31-38-12-17-41(18-13-38)90-92(82,83)84)59(77)67-49(58(76)68-51(60(78)79)32-39-14-19-42(20-15-39)91-93(85,86)87)11-6-7-30-66-54(74)25-24-52(72)56-53(73)34-55(89-56)71-35-48(65)57(75)70-61(71)80/h12-20,35-37,43-47,49-51,53,55-56,73H,6-11,21-34H2,1-5H3,(H,66,74)(H,67,77)(H,68,76)(H,69,81)(H,78,79)(H,70,75,80)(H2,82,83,84)(H2,85,86,87)/t37-,43+,44+,45-,46+,47+,49-,50-,51-,53?,55?,56?,63+,64-/m1/s1. The Balaban J connectivity index is 0.931. The van der Waals surface area contributed by atoms with Crippen molar-refractivity contribution in [2.75, 3.05) is 6.54 Å². The summed E-state index contributed by atoms with van der Waals surface area (Å²) in [5, 5.41) is 31.3. The summed E-state index contributed by atoms with van der Waals surface area (Å²) >= 11 is 0. The van der Waals surface area contributed by atoms with Crippen LogP contribution in [0.1, 0.15) is 161 Å². The lowest BCUT2D eigenvalue weighted by molar-refractivity contribution is -0.142. The number of fused-ring (bicyclic) bond motifs is 5. The van der Waals surface area contributed by atoms with Crippen LogP contribution in [0.5, 0.6) is 11.5 Å². The van der Waals surface area contributed by atoms with Crippen molar-refractivity contribution in [3.8, 4) is 11.5 Å². The number of halogens is 1. The van der Waals surface area contributed by atoms with Crippen LogP contribution in [0.3, 0.4) is 0 Å². The Morgan fingerprint density at radius 3 is 2.01 bits per heavy atom. The number of Topliss-reactive ketones (excluding diaryl/α,β-unsaturated/α-hetero) is 1. The maximum Gasteiger partial charge on any atom is 0.524 e. The lowest BCUT2D eigenvalue weighted by atomic mass is 9.47. The van der Waals surface area contributed by atoms with Gasteiger partial charge in [-0.05, 0) is 146 Å². The van der Waals surface area contributed by atoms with Crippen molar-refractivity contribution < 1.29 is 90.6 Å². The summed E-state index contributed by atoms with van der Waals surface area (Å²) in [4.78, 5) is 145. The molecular weight excluding hydrogens is 1250 g/mol. The van der Waals surface area contributed by atoms with Crippen molar-refractivity contribution in [3.63, 3.8) is 0 Å². The number of carbonyl (C=O) groups is 6. The molecule has 1 saturated heterocycles. The summed E-state index contributed by atoms with van der Waals surface area (Å²) in [5.74, 6) is -2.53. The third-order valence-electron chi connectivity index (χ3n) is 20.1. The molecule has 0 bridgehead atoms. The number of carboxylic acids is 1. The van der Waals surface area contributed by atoms with E-state index in [0.717, 1.165) is 19.3 Å². The fourth-order valence-corrected chi connectivity index (χ4v) is 16.2. The monoisotopic (exact) mass is 1340 g/mol. The molecule has 26 nitrogen and oxygen atoms in total. The van der Waals surface area contributed by atoms with Crippen LogP contribution in [0.4, 0.5) is 9.18 Å². The number of nitrogens with zero attached hydrogens (tertiary/aromatic N) is 1. The van der Waals surface area contributed by atoms with E-state index in [1.807, 2.05) is 0 Å². The van der Waals surface area contributed by atoms with Crippen molar-refractivity contribution in [2.24, 2.45) is 46.3 Å². The number of allylic oxidation sites excluding steroid dienone is 1. The topological polar surface area (TPSA) is 398 Å². The summed E-state index contributed by atoms with van der Waals surface area (Å²) in [6.07, 6.45) is 7.25. The highest BCUT2D eigenvalue weighted by Crippen LogP contribution is 2.67. The molecule has 1 aliphatic heterocycles. The zero-order valence-corrected chi connectivity index (χ0v) is 54.8. The lowest BCUT2D eigenvalue weighted by Crippen LogP contribution is -2.56. The Morgan fingerprint density at radius 2 is 1.39 bits per heavy atom. The molecule has 2 aromatic carbocycles. The van der Waals surface area contributed by atoms with Crippen LogP contribution >= 0.6 is 15.6 Å². The van der Waals surface area contributed by atoms with Gasteiger partial charge in [-0.1, -0.05) is 89.8 Å². The van der Waals surface area contributed by atoms with Gasteiger partial charge in [-0.3, -0.25) is 53.1 Å². The normalized spacial score (nSPS) is 26.4. The zero-order valence-electron chi connectivity index (χ0n) is 53.0. The van der Waals surface area contributed by atoms with Crippen LogP contribution in [-0.2, 0) is 55.4 Å². The number of amides is 4. The van der Waals surface area contributed by atoms with E-state index in [4.69, 9.17) is 14.0 Å². The number of unbranched alkanes of at least 4 members (excludes halogenated alkanes) is 1. The fraction of sp³-hybridized carbons (Fsp3) is 0.625. The molecule has 0 spiro atoms. The molecule has 5 aliphatic rings. The molecule has 93 heavy (non-hydrogen) atoms. The van der Waals surface area contributed by atoms with Crippen LogP contribution < -0.4 is 41.6 Å². The molecule has 4 aliphatic carbocycles. The first-order chi connectivity index (χ1) is 43.8. The van der Waals surface area contributed by atoms with Crippen molar-refractivity contribution in [3.05, 3.63) is 104 Å². The molecule has 3 saturated carbocycles. The van der Waals surface area contributed by atoms with Crippen LogP contribution in [0.25, 0.3) is 0 Å². The molecule has 14 atom stereocenters. The number of rotatable bonds is 30. The molecular formula is C64H89FN6O20P2. The average Bonchev–Trinajstić information content (AvgIpc) is 1.70. The predicted octanol–water partition coefficient (Wildman–Crippen LogP) is 6.95. The number of aliphatic hydroxyl groups is 1. The Hall–Kier alpha value is -6.57. The minimum atomic E-state index is -4.95. The third-order valence-corrected chi connectivity index (χ3v) is 21.0. The van der Waals surface area contributed by atoms with E-state index in [-0.39, 0.29) is 68.4 Å². The Labute approximate surface area is 538 Å². The van der Waals surface area contributed by atoms with E-state index >= 15 is 0 Å². The van der Waals surface area contributed by atoms with Gasteiger partial charge >= 0.3 is 33.4 Å². The Bertz CT molecular complexity index is 3430. The molecule has 2 heterocycles. The number of H-pyrrole nitrogens is 1. The zero-order chi connectivity index (χ0) is 67.7. The Morgan fingerprint density at radius 1 is 0.763 bits per heavy atom. The van der Waals surface area contributed by atoms with Crippen molar-refractivity contribution >= 4 is 51.2 Å². The maximum atomic E-state index is 14.7. The summed E-state index contributed by atoms with van der Waals surface area (Å²) in [6.45, 7) is 12.0. The summed E-state index contributed by atoms with van der Waals surface area (Å²) in [6, 6.07) is 5.79. The number of nitrogens with one attached hydrogen (secondary N) is 5. The molecule has 4 fully saturated rings. The van der Waals surface area contributed by atoms with Crippen LogP contribution in [0.2, 0.25) is 0 Å². The molecule has 8 rings (SSSR count). The van der Waals surface area contributed by atoms with Gasteiger partial charge in [0.1, 0.15) is 48.1 Å². The van der Waals surface area contributed by atoms with E-state index in [1.165, 1.54) is 92.6 Å². The van der Waals surface area contributed by atoms with Crippen molar-refractivity contribution in [1.29, 1.82) is 0 Å². The number of alkyl carbamates (subject to hydrolysis) is 1. The maximum absolute atomic E-state index is 14.7. The van der Waals surface area contributed by atoms with Gasteiger partial charge < -0.3 is 50.0 Å². The minimum Gasteiger partial charge on any atom is -0.480 e. The molecule has 11 N–H and O–H groups in total. The van der Waals surface area contributed by atoms with Gasteiger partial charge in [-0.25, -0.2) is 23.5 Å². The van der Waals surface area contributed by atoms with Gasteiger partial charge in [0.25, 0.3) is 5.56 Å². The summed E-state index contributed by atoms with van der Waals surface area (Å²) < 4.78 is 58.7. The number of phosphoric ester groups is 2. The second-order valence-corrected chi connectivity index (χ2v) is 29.2. The van der Waals surface area contributed by atoms with Crippen LogP contribution in [0, 0.1) is 52.2 Å². The van der Waals surface area contributed by atoms with Gasteiger partial charge in [-0.15, -0.1) is 0 Å². The average molecular weight is 1340 g/mol. The number of phosphoric acid groups is 2. The van der Waals surface area contributed by atoms with Gasteiger partial charge in [-0.2, -0.15) is 4.39 Å². The van der Waals surface area contributed by atoms with E-state index < -0.39 is 117 Å². The predicted molar refractivity (Wildman–Crippen MR) is 334 cm³/mol. The first-order valence-electron chi connectivity index (χ1n) is 32.1. The molecule has 512 valence electrons. The molecule has 3 aromatic rings. The number of carbonyl (C=O) groups excluding carboxylic acids is 5. The molecule has 3 unspecified atom stereocenters. The number of aliphatic hydroxyl groups excluding tert-OH is 1. The van der Waals surface area contributed by atoms with Gasteiger partial charge in [0.2, 0.25) is 23.5 Å². The number of hydrogen-bond donors (Lipinski definition) is 11. The highest BCUT2D eigenvalue weighted by Gasteiger charge is 2.59. The largest absolute Gasteiger partial charge is 0.524 e. The number of carboxylic acid groups (broad SMARTS) is 1. The van der Waals surface area contributed by atoms with Gasteiger partial charge in [0.05, 0.1) is 12.3 Å². The number of aromatic nitrogens is 2. The SMILES string of the molecule is CC(C)CCC[C@@H](C)[C@H]1CC[C@H]2[C@@H]3CC=C4C[C@@H](OC(=O)N[C@H](Cc5ccc(OP(=O)(O)O)cc5)C(=O)N[C@H](CCCCNC(=O)CCC(=O)C5OC(n6cc(F)c(=O)[nH]c6=O)CC5O)C(=O)N[C@H](Cc5ccc(OP(=O)(O)O)cc5)C(=O)O)CC[C@]4(C)[C@H]3CC[C@]12C. The van der Waals surface area contributed by atoms with Gasteiger partial charge in [0.15, 0.2) is 5.78 Å². The third kappa shape index (κ3) is 19.1. The van der Waals surface area contributed by atoms with Crippen LogP contribution in [-0.4, -0.2) is 118 Å². The number of hydrogen-bond acceptors (Lipinski definition) is 15.